The molecule has 0 saturated carbocycles. The summed E-state index contributed by atoms with van der Waals surface area (Å²) in [6.45, 7) is 9.54. The number of rotatable bonds is 6. The molecular weight excluding hydrogens is 430 g/mol. The largest absolute Gasteiger partial charge is 0.384 e. The van der Waals surface area contributed by atoms with Crippen molar-refractivity contribution in [1.82, 2.24) is 0 Å². The molecule has 0 aromatic heterocycles. The zero-order chi connectivity index (χ0) is 22.9. The minimum Gasteiger partial charge on any atom is -0.384 e. The third-order valence-electron chi connectivity index (χ3n) is 5.81. The van der Waals surface area contributed by atoms with Crippen molar-refractivity contribution in [2.45, 2.75) is 49.0 Å². The summed E-state index contributed by atoms with van der Waals surface area (Å²) in [6, 6.07) is 14.6. The molecular formula is C24H29NO4S2. The topological polar surface area (TPSA) is 83.8 Å². The van der Waals surface area contributed by atoms with E-state index in [1.807, 2.05) is 19.9 Å². The van der Waals surface area contributed by atoms with Gasteiger partial charge in [-0.25, -0.2) is 4.21 Å². The lowest BCUT2D eigenvalue weighted by Crippen LogP contribution is -2.42. The quantitative estimate of drug-likeness (QED) is 0.625. The zero-order valence-corrected chi connectivity index (χ0v) is 19.7. The van der Waals surface area contributed by atoms with Crippen LogP contribution in [0, 0.1) is 12.8 Å². The molecule has 2 aromatic carbocycles. The first kappa shape index (κ1) is 23.4. The van der Waals surface area contributed by atoms with Crippen LogP contribution in [0.4, 0.5) is 0 Å². The number of aliphatic hydroxyl groups is 1. The highest BCUT2D eigenvalue weighted by molar-refractivity contribution is 8.03. The smallest absolute Gasteiger partial charge is 0.290 e. The monoisotopic (exact) mass is 459 g/mol. The fourth-order valence-electron chi connectivity index (χ4n) is 3.73. The van der Waals surface area contributed by atoms with Gasteiger partial charge in [-0.15, -0.1) is 3.77 Å². The van der Waals surface area contributed by atoms with Crippen LogP contribution in [-0.2, 0) is 19.8 Å². The lowest BCUT2D eigenvalue weighted by molar-refractivity contribution is 0.0720. The Kier molecular flexibility index (Phi) is 6.60. The van der Waals surface area contributed by atoms with Crippen LogP contribution in [0.25, 0.3) is 0 Å². The molecule has 0 radical (unpaired) electrons. The summed E-state index contributed by atoms with van der Waals surface area (Å²) in [5.41, 5.74) is 1.07. The van der Waals surface area contributed by atoms with Gasteiger partial charge in [0.25, 0.3) is 10.0 Å². The maximum atomic E-state index is 14.2. The van der Waals surface area contributed by atoms with Crippen molar-refractivity contribution in [1.29, 1.82) is 0 Å². The van der Waals surface area contributed by atoms with E-state index in [1.165, 1.54) is 12.1 Å². The number of aryl methyl sites for hydroxylation is 1. The Hall–Kier alpha value is -2.22. The molecule has 1 N–H and O–H groups in total. The van der Waals surface area contributed by atoms with E-state index in [1.54, 1.807) is 49.4 Å². The summed E-state index contributed by atoms with van der Waals surface area (Å²) in [6.07, 6.45) is 2.99. The predicted octanol–water partition coefficient (Wildman–Crippen LogP) is 4.87. The van der Waals surface area contributed by atoms with Gasteiger partial charge < -0.3 is 5.11 Å². The lowest BCUT2D eigenvalue weighted by atomic mass is 9.77. The molecule has 3 atom stereocenters. The van der Waals surface area contributed by atoms with E-state index in [9.17, 15) is 17.7 Å². The summed E-state index contributed by atoms with van der Waals surface area (Å²) in [4.78, 5) is 0.258. The standard InChI is InChI=1S/C24H29NO4S2/c1-18(2)21-13-12-20(4)24(26,16-21)17-30(27,22-8-6-5-7-9-22)25-31(28,29)23-14-10-19(3)11-15-23/h5-12,14-15,21,26H,1,13,16-17H2,2-4H3/t21-,24?,30+/m1/s1. The Bertz CT molecular complexity index is 1220. The molecule has 0 heterocycles. The van der Waals surface area contributed by atoms with Crippen LogP contribution in [0.2, 0.25) is 0 Å². The molecule has 1 aliphatic carbocycles. The van der Waals surface area contributed by atoms with Crippen LogP contribution < -0.4 is 0 Å². The molecule has 0 amide bonds. The van der Waals surface area contributed by atoms with Gasteiger partial charge in [0.15, 0.2) is 0 Å². The van der Waals surface area contributed by atoms with Crippen LogP contribution in [0.3, 0.4) is 0 Å². The highest BCUT2D eigenvalue weighted by Crippen LogP contribution is 2.38. The molecule has 0 aliphatic heterocycles. The van der Waals surface area contributed by atoms with E-state index < -0.39 is 25.4 Å². The predicted molar refractivity (Wildman–Crippen MR) is 125 cm³/mol. The van der Waals surface area contributed by atoms with Crippen LogP contribution in [0.1, 0.15) is 32.3 Å². The van der Waals surface area contributed by atoms with Crippen molar-refractivity contribution in [3.8, 4) is 0 Å². The Morgan fingerprint density at radius 1 is 1.06 bits per heavy atom. The van der Waals surface area contributed by atoms with E-state index in [0.29, 0.717) is 12.0 Å². The second-order valence-electron chi connectivity index (χ2n) is 8.36. The third-order valence-corrected chi connectivity index (χ3v) is 10.3. The molecule has 166 valence electrons. The van der Waals surface area contributed by atoms with Crippen LogP contribution >= 0.6 is 0 Å². The van der Waals surface area contributed by atoms with E-state index in [2.05, 4.69) is 10.3 Å². The molecule has 5 nitrogen and oxygen atoms in total. The summed E-state index contributed by atoms with van der Waals surface area (Å²) in [5.74, 6) is -0.275. The van der Waals surface area contributed by atoms with Crippen molar-refractivity contribution >= 4 is 19.8 Å². The Morgan fingerprint density at radius 3 is 2.26 bits per heavy atom. The van der Waals surface area contributed by atoms with Gasteiger partial charge in [0.1, 0.15) is 0 Å². The Morgan fingerprint density at radius 2 is 1.68 bits per heavy atom. The van der Waals surface area contributed by atoms with Gasteiger partial charge in [-0.05, 0) is 69.4 Å². The molecule has 3 rings (SSSR count). The minimum absolute atomic E-state index is 0.0236. The average molecular weight is 460 g/mol. The molecule has 0 spiro atoms. The third kappa shape index (κ3) is 5.17. The summed E-state index contributed by atoms with van der Waals surface area (Å²) in [5, 5.41) is 11.5. The van der Waals surface area contributed by atoms with Gasteiger partial charge in [0.2, 0.25) is 0 Å². The Labute approximate surface area is 185 Å². The van der Waals surface area contributed by atoms with Crippen LogP contribution in [0.5, 0.6) is 0 Å². The van der Waals surface area contributed by atoms with E-state index in [-0.39, 0.29) is 21.5 Å². The fourth-order valence-corrected chi connectivity index (χ4v) is 8.12. The average Bonchev–Trinajstić information content (AvgIpc) is 2.70. The molecule has 0 fully saturated rings. The molecule has 2 aromatic rings. The molecule has 1 aliphatic rings. The summed E-state index contributed by atoms with van der Waals surface area (Å²) >= 11 is 0. The first-order valence-electron chi connectivity index (χ1n) is 10.1. The summed E-state index contributed by atoms with van der Waals surface area (Å²) < 4.78 is 44.3. The second-order valence-corrected chi connectivity index (χ2v) is 12.4. The SMILES string of the molecule is C=C(C)[C@@H]1CC=C(C)C(O)(C[S@@](=O)(=NS(=O)(=O)c2ccc(C)cc2)c2ccccc2)C1. The number of hydrogen-bond acceptors (Lipinski definition) is 4. The second kappa shape index (κ2) is 8.73. The van der Waals surface area contributed by atoms with Gasteiger partial charge in [-0.3, -0.25) is 0 Å². The van der Waals surface area contributed by atoms with Crippen LogP contribution in [-0.4, -0.2) is 29.1 Å². The van der Waals surface area contributed by atoms with Crippen molar-refractivity contribution in [3.63, 3.8) is 0 Å². The van der Waals surface area contributed by atoms with Crippen LogP contribution in [0.15, 0.2) is 92.0 Å². The van der Waals surface area contributed by atoms with E-state index in [4.69, 9.17) is 0 Å². The van der Waals surface area contributed by atoms with Gasteiger partial charge in [-0.1, -0.05) is 54.1 Å². The number of allylic oxidation sites excluding steroid dienone is 2. The maximum Gasteiger partial charge on any atom is 0.290 e. The lowest BCUT2D eigenvalue weighted by Gasteiger charge is -2.37. The normalized spacial score (nSPS) is 23.5. The minimum atomic E-state index is -4.21. The number of hydrogen-bond donors (Lipinski definition) is 1. The highest BCUT2D eigenvalue weighted by atomic mass is 32.3. The first-order chi connectivity index (χ1) is 14.5. The maximum absolute atomic E-state index is 14.2. The van der Waals surface area contributed by atoms with Gasteiger partial charge in [0.05, 0.1) is 26.0 Å². The zero-order valence-electron chi connectivity index (χ0n) is 18.1. The Balaban J connectivity index is 2.15. The highest BCUT2D eigenvalue weighted by Gasteiger charge is 2.40. The number of sulfonamides is 1. The molecule has 7 heteroatoms. The van der Waals surface area contributed by atoms with Crippen molar-refractivity contribution in [2.24, 2.45) is 9.69 Å². The van der Waals surface area contributed by atoms with E-state index in [0.717, 1.165) is 17.6 Å². The molecule has 0 saturated heterocycles. The van der Waals surface area contributed by atoms with Gasteiger partial charge >= 0.3 is 0 Å². The van der Waals surface area contributed by atoms with E-state index >= 15 is 0 Å². The van der Waals surface area contributed by atoms with Crippen molar-refractivity contribution in [3.05, 3.63) is 84.0 Å². The van der Waals surface area contributed by atoms with Crippen molar-refractivity contribution in [2.75, 3.05) is 5.75 Å². The molecule has 1 unspecified atom stereocenters. The first-order valence-corrected chi connectivity index (χ1v) is 13.3. The van der Waals surface area contributed by atoms with Gasteiger partial charge in [0, 0.05) is 4.90 Å². The number of benzene rings is 2. The van der Waals surface area contributed by atoms with Crippen molar-refractivity contribution < 1.29 is 17.7 Å². The van der Waals surface area contributed by atoms with Gasteiger partial charge in [-0.2, -0.15) is 8.42 Å². The molecule has 31 heavy (non-hydrogen) atoms. The summed E-state index contributed by atoms with van der Waals surface area (Å²) in [7, 11) is -7.71. The number of nitrogens with zero attached hydrogens (tertiary/aromatic N) is 1. The molecule has 0 bridgehead atoms. The fraction of sp³-hybridized carbons (Fsp3) is 0.333.